The third kappa shape index (κ3) is 4.38. The minimum absolute atomic E-state index is 0.0780. The van der Waals surface area contributed by atoms with Crippen LogP contribution in [-0.2, 0) is 0 Å². The number of carbonyl (C=O) groups excluding carboxylic acids is 1. The van der Waals surface area contributed by atoms with Crippen molar-refractivity contribution in [2.24, 2.45) is 0 Å². The Kier molecular flexibility index (Phi) is 6.42. The van der Waals surface area contributed by atoms with Gasteiger partial charge in [-0.3, -0.25) is 4.79 Å². The van der Waals surface area contributed by atoms with Crippen molar-refractivity contribution in [3.8, 4) is 0 Å². The number of hydrogen-bond donors (Lipinski definition) is 0. The van der Waals surface area contributed by atoms with Crippen LogP contribution < -0.4 is 10.4 Å². The highest BCUT2D eigenvalue weighted by Gasteiger charge is 2.17. The van der Waals surface area contributed by atoms with Crippen molar-refractivity contribution in [2.75, 3.05) is 19.0 Å². The van der Waals surface area contributed by atoms with Crippen LogP contribution in [0.25, 0.3) is 6.08 Å². The summed E-state index contributed by atoms with van der Waals surface area (Å²) in [6.45, 7) is 4.80. The van der Waals surface area contributed by atoms with Gasteiger partial charge in [0.1, 0.15) is 0 Å². The molecule has 0 heterocycles. The van der Waals surface area contributed by atoms with Gasteiger partial charge in [-0.2, -0.15) is 0 Å². The van der Waals surface area contributed by atoms with Gasteiger partial charge >= 0.3 is 0 Å². The maximum atomic E-state index is 12.7. The van der Waals surface area contributed by atoms with Crippen LogP contribution in [0.2, 0.25) is 12.6 Å². The number of hydrogen-bond acceptors (Lipinski definition) is 2. The Labute approximate surface area is 146 Å². The lowest BCUT2D eigenvalue weighted by Gasteiger charge is -2.13. The Morgan fingerprint density at radius 3 is 2.21 bits per heavy atom. The van der Waals surface area contributed by atoms with Crippen LogP contribution in [0.3, 0.4) is 0 Å². The summed E-state index contributed by atoms with van der Waals surface area (Å²) >= 11 is 0. The van der Waals surface area contributed by atoms with Crippen molar-refractivity contribution < 1.29 is 4.79 Å². The molecule has 2 aromatic rings. The Morgan fingerprint density at radius 1 is 1.00 bits per heavy atom. The van der Waals surface area contributed by atoms with Crippen LogP contribution in [0, 0.1) is 0 Å². The average molecular weight is 319 g/mol. The normalized spacial score (nSPS) is 10.8. The van der Waals surface area contributed by atoms with E-state index in [-0.39, 0.29) is 5.78 Å². The summed E-state index contributed by atoms with van der Waals surface area (Å²) in [5.41, 5.74) is 4.18. The van der Waals surface area contributed by atoms with E-state index in [1.165, 1.54) is 5.46 Å². The smallest absolute Gasteiger partial charge is 0.185 e. The standard InChI is InChI=1S/C21H26BNO/c1-5-22(6-2)20-10-8-7-9-19(20)21(24)16-13-17-11-14-18(15-12-17)23(3)4/h7-16H,5-6H2,1-4H3/b16-13+. The summed E-state index contributed by atoms with van der Waals surface area (Å²) in [5, 5.41) is 0. The van der Waals surface area contributed by atoms with Crippen molar-refractivity contribution in [2.45, 2.75) is 26.5 Å². The molecule has 0 unspecified atom stereocenters. The summed E-state index contributed by atoms with van der Waals surface area (Å²) < 4.78 is 0. The monoisotopic (exact) mass is 319 g/mol. The molecule has 3 heteroatoms. The number of carbonyl (C=O) groups is 1. The number of nitrogens with zero attached hydrogens (tertiary/aromatic N) is 1. The highest BCUT2D eigenvalue weighted by molar-refractivity contribution is 6.74. The van der Waals surface area contributed by atoms with Crippen LogP contribution in [-0.4, -0.2) is 26.6 Å². The average Bonchev–Trinajstić information content (AvgIpc) is 2.61. The van der Waals surface area contributed by atoms with Crippen LogP contribution >= 0.6 is 0 Å². The number of rotatable bonds is 7. The van der Waals surface area contributed by atoms with E-state index >= 15 is 0 Å². The third-order valence-corrected chi connectivity index (χ3v) is 4.49. The lowest BCUT2D eigenvalue weighted by atomic mass is 9.40. The van der Waals surface area contributed by atoms with Crippen molar-refractivity contribution in [1.29, 1.82) is 0 Å². The zero-order valence-corrected chi connectivity index (χ0v) is 15.1. The first-order chi connectivity index (χ1) is 11.6. The second-order valence-electron chi connectivity index (χ2n) is 6.28. The predicted octanol–water partition coefficient (Wildman–Crippen LogP) is 4.39. The zero-order chi connectivity index (χ0) is 17.5. The highest BCUT2D eigenvalue weighted by Crippen LogP contribution is 2.14. The largest absolute Gasteiger partial charge is 0.378 e. The van der Waals surface area contributed by atoms with Gasteiger partial charge in [0.25, 0.3) is 0 Å². The molecule has 0 spiro atoms. The molecule has 0 bridgehead atoms. The Morgan fingerprint density at radius 2 is 1.62 bits per heavy atom. The maximum Gasteiger partial charge on any atom is 0.185 e. The van der Waals surface area contributed by atoms with Crippen LogP contribution in [0.5, 0.6) is 0 Å². The summed E-state index contributed by atoms with van der Waals surface area (Å²) in [7, 11) is 4.03. The summed E-state index contributed by atoms with van der Waals surface area (Å²) in [6.07, 6.45) is 5.68. The van der Waals surface area contributed by atoms with Crippen molar-refractivity contribution in [3.63, 3.8) is 0 Å². The summed E-state index contributed by atoms with van der Waals surface area (Å²) in [6, 6.07) is 16.2. The van der Waals surface area contributed by atoms with Gasteiger partial charge in [0, 0.05) is 25.3 Å². The predicted molar refractivity (Wildman–Crippen MR) is 107 cm³/mol. The van der Waals surface area contributed by atoms with Gasteiger partial charge in [-0.05, 0) is 23.8 Å². The lowest BCUT2D eigenvalue weighted by Crippen LogP contribution is -2.32. The molecule has 0 amide bonds. The second-order valence-corrected chi connectivity index (χ2v) is 6.28. The van der Waals surface area contributed by atoms with E-state index in [9.17, 15) is 4.79 Å². The number of allylic oxidation sites excluding steroid dienone is 1. The van der Waals surface area contributed by atoms with Gasteiger partial charge in [0.05, 0.1) is 0 Å². The second kappa shape index (κ2) is 8.53. The van der Waals surface area contributed by atoms with Crippen molar-refractivity contribution >= 4 is 29.7 Å². The van der Waals surface area contributed by atoms with E-state index in [1.54, 1.807) is 6.08 Å². The quantitative estimate of drug-likeness (QED) is 0.428. The molecule has 0 saturated carbocycles. The third-order valence-electron chi connectivity index (χ3n) is 4.49. The van der Waals surface area contributed by atoms with Gasteiger partial charge in [-0.15, -0.1) is 0 Å². The van der Waals surface area contributed by atoms with Crippen molar-refractivity contribution in [1.82, 2.24) is 0 Å². The first kappa shape index (κ1) is 18.1. The summed E-state index contributed by atoms with van der Waals surface area (Å²) in [5.74, 6) is 0.0780. The molecule has 24 heavy (non-hydrogen) atoms. The molecule has 0 aromatic heterocycles. The summed E-state index contributed by atoms with van der Waals surface area (Å²) in [4.78, 5) is 14.7. The molecule has 0 fully saturated rings. The van der Waals surface area contributed by atoms with Gasteiger partial charge in [0.2, 0.25) is 0 Å². The first-order valence-electron chi connectivity index (χ1n) is 8.65. The molecule has 0 radical (unpaired) electrons. The molecule has 2 rings (SSSR count). The fourth-order valence-corrected chi connectivity index (χ4v) is 2.95. The molecular weight excluding hydrogens is 293 g/mol. The Balaban J connectivity index is 2.20. The molecule has 0 aliphatic heterocycles. The molecule has 0 aliphatic carbocycles. The van der Waals surface area contributed by atoms with Gasteiger partial charge in [-0.1, -0.05) is 74.4 Å². The molecule has 0 saturated heterocycles. The van der Waals surface area contributed by atoms with Crippen LogP contribution in [0.1, 0.15) is 29.8 Å². The minimum atomic E-state index is 0.0780. The molecule has 2 nitrogen and oxygen atoms in total. The molecule has 0 atom stereocenters. The number of benzene rings is 2. The van der Waals surface area contributed by atoms with E-state index in [4.69, 9.17) is 0 Å². The number of ketones is 1. The first-order valence-corrected chi connectivity index (χ1v) is 8.65. The molecule has 0 aliphatic rings. The fourth-order valence-electron chi connectivity index (χ4n) is 2.95. The van der Waals surface area contributed by atoms with Gasteiger partial charge in [-0.25, -0.2) is 0 Å². The fraction of sp³-hybridized carbons (Fsp3) is 0.286. The van der Waals surface area contributed by atoms with E-state index < -0.39 is 0 Å². The Hall–Kier alpha value is -2.29. The maximum absolute atomic E-state index is 12.7. The minimum Gasteiger partial charge on any atom is -0.378 e. The SMILES string of the molecule is CCB(CC)c1ccccc1C(=O)/C=C/c1ccc(N(C)C)cc1. The van der Waals surface area contributed by atoms with E-state index in [0.717, 1.165) is 29.5 Å². The topological polar surface area (TPSA) is 20.3 Å². The molecular formula is C21H26BNO. The lowest BCUT2D eigenvalue weighted by molar-refractivity contribution is 0.104. The van der Waals surface area contributed by atoms with Crippen LogP contribution in [0.4, 0.5) is 5.69 Å². The Bertz CT molecular complexity index is 700. The molecule has 0 N–H and O–H groups in total. The molecule has 124 valence electrons. The van der Waals surface area contributed by atoms with E-state index in [2.05, 4.69) is 36.9 Å². The highest BCUT2D eigenvalue weighted by atomic mass is 16.1. The zero-order valence-electron chi connectivity index (χ0n) is 15.1. The van der Waals surface area contributed by atoms with Crippen LogP contribution in [0.15, 0.2) is 54.6 Å². The van der Waals surface area contributed by atoms with E-state index in [0.29, 0.717) is 6.71 Å². The van der Waals surface area contributed by atoms with Crippen molar-refractivity contribution in [3.05, 3.63) is 65.7 Å². The van der Waals surface area contributed by atoms with Gasteiger partial charge < -0.3 is 4.90 Å². The van der Waals surface area contributed by atoms with E-state index in [1.807, 2.05) is 50.5 Å². The number of anilines is 1. The molecule has 2 aromatic carbocycles. The van der Waals surface area contributed by atoms with Gasteiger partial charge in [0.15, 0.2) is 12.5 Å².